The third-order valence-corrected chi connectivity index (χ3v) is 2.94. The second kappa shape index (κ2) is 5.45. The van der Waals surface area contributed by atoms with E-state index in [-0.39, 0.29) is 11.8 Å². The van der Waals surface area contributed by atoms with Crippen molar-refractivity contribution in [2.24, 2.45) is 5.73 Å². The first kappa shape index (κ1) is 13.0. The molecule has 0 saturated carbocycles. The van der Waals surface area contributed by atoms with Gasteiger partial charge >= 0.3 is 6.01 Å². The summed E-state index contributed by atoms with van der Waals surface area (Å²) in [7, 11) is 0. The van der Waals surface area contributed by atoms with E-state index in [0.717, 1.165) is 5.56 Å². The van der Waals surface area contributed by atoms with E-state index in [4.69, 9.17) is 10.2 Å². The Bertz CT molecular complexity index is 558. The van der Waals surface area contributed by atoms with Crippen LogP contribution in [0.2, 0.25) is 0 Å². The van der Waals surface area contributed by atoms with E-state index < -0.39 is 0 Å². The van der Waals surface area contributed by atoms with Gasteiger partial charge < -0.3 is 15.5 Å². The lowest BCUT2D eigenvalue weighted by atomic mass is 10.2. The van der Waals surface area contributed by atoms with E-state index in [0.29, 0.717) is 29.0 Å². The minimum atomic E-state index is -0.313. The molecule has 1 heterocycles. The number of benzene rings is 1. The van der Waals surface area contributed by atoms with Gasteiger partial charge in [-0.15, -0.1) is 5.10 Å². The minimum absolute atomic E-state index is 0.264. The van der Waals surface area contributed by atoms with E-state index in [1.807, 2.05) is 0 Å². The summed E-state index contributed by atoms with van der Waals surface area (Å²) in [4.78, 5) is 0. The van der Waals surface area contributed by atoms with Crippen molar-refractivity contribution in [1.82, 2.24) is 10.2 Å². The summed E-state index contributed by atoms with van der Waals surface area (Å²) in [5, 5.41) is 10.6. The quantitative estimate of drug-likeness (QED) is 0.906. The molecular weight excluding hydrogens is 303 g/mol. The Balaban J connectivity index is 2.20. The van der Waals surface area contributed by atoms with Crippen LogP contribution < -0.4 is 11.1 Å². The molecule has 0 bridgehead atoms. The molecule has 96 valence electrons. The fourth-order valence-electron chi connectivity index (χ4n) is 1.42. The van der Waals surface area contributed by atoms with Gasteiger partial charge in [0.25, 0.3) is 0 Å². The molecule has 5 nitrogen and oxygen atoms in total. The van der Waals surface area contributed by atoms with Crippen LogP contribution in [0.25, 0.3) is 0 Å². The Morgan fingerprint density at radius 1 is 1.44 bits per heavy atom. The zero-order valence-corrected chi connectivity index (χ0v) is 11.3. The second-order valence-electron chi connectivity index (χ2n) is 3.75. The van der Waals surface area contributed by atoms with Crippen molar-refractivity contribution in [2.45, 2.75) is 13.3 Å². The molecule has 0 spiro atoms. The van der Waals surface area contributed by atoms with Gasteiger partial charge in [-0.05, 0) is 40.5 Å². The molecule has 2 aromatic rings. The summed E-state index contributed by atoms with van der Waals surface area (Å²) in [5.41, 5.74) is 6.83. The molecule has 0 aliphatic rings. The van der Waals surface area contributed by atoms with Crippen LogP contribution in [-0.2, 0) is 6.42 Å². The maximum Gasteiger partial charge on any atom is 0.320 e. The normalized spacial score (nSPS) is 10.7. The van der Waals surface area contributed by atoms with Crippen molar-refractivity contribution < 1.29 is 8.81 Å². The number of nitrogens with one attached hydrogen (secondary N) is 1. The number of hydrogen-bond donors (Lipinski definition) is 2. The highest BCUT2D eigenvalue weighted by Gasteiger charge is 2.09. The Hall–Kier alpha value is -1.47. The van der Waals surface area contributed by atoms with Crippen LogP contribution in [0, 0.1) is 12.7 Å². The lowest BCUT2D eigenvalue weighted by Gasteiger charge is -2.06. The smallest absolute Gasteiger partial charge is 0.320 e. The van der Waals surface area contributed by atoms with E-state index in [9.17, 15) is 4.39 Å². The summed E-state index contributed by atoms with van der Waals surface area (Å²) in [6.07, 6.45) is 0.529. The van der Waals surface area contributed by atoms with Crippen molar-refractivity contribution in [3.63, 3.8) is 0 Å². The van der Waals surface area contributed by atoms with Gasteiger partial charge in [-0.2, -0.15) is 0 Å². The molecule has 0 atom stereocenters. The number of rotatable bonds is 4. The number of aryl methyl sites for hydroxylation is 1. The second-order valence-corrected chi connectivity index (χ2v) is 4.60. The largest absolute Gasteiger partial charge is 0.408 e. The van der Waals surface area contributed by atoms with Crippen molar-refractivity contribution in [1.29, 1.82) is 0 Å². The molecule has 3 N–H and O–H groups in total. The number of nitrogens with zero attached hydrogens (tertiary/aromatic N) is 2. The first-order valence-corrected chi connectivity index (χ1v) is 6.14. The number of halogens is 2. The number of hydrogen-bond acceptors (Lipinski definition) is 5. The molecule has 0 radical (unpaired) electrons. The van der Waals surface area contributed by atoms with E-state index in [1.165, 1.54) is 6.07 Å². The number of nitrogens with two attached hydrogens (primary N) is 1. The molecular formula is C11H12BrFN4O. The third-order valence-electron chi connectivity index (χ3n) is 2.33. The van der Waals surface area contributed by atoms with Crippen LogP contribution in [0.3, 0.4) is 0 Å². The molecule has 1 aromatic carbocycles. The Morgan fingerprint density at radius 2 is 2.22 bits per heavy atom. The van der Waals surface area contributed by atoms with Gasteiger partial charge in [0.2, 0.25) is 5.89 Å². The van der Waals surface area contributed by atoms with Crippen molar-refractivity contribution >= 4 is 27.6 Å². The molecule has 7 heteroatoms. The summed E-state index contributed by atoms with van der Waals surface area (Å²) in [5.74, 6) is 0.159. The van der Waals surface area contributed by atoms with Crippen LogP contribution in [-0.4, -0.2) is 16.7 Å². The maximum atomic E-state index is 13.3. The Labute approximate surface area is 112 Å². The topological polar surface area (TPSA) is 77.0 Å². The van der Waals surface area contributed by atoms with Gasteiger partial charge in [-0.1, -0.05) is 5.10 Å². The van der Waals surface area contributed by atoms with Gasteiger partial charge in [0.15, 0.2) is 0 Å². The first-order chi connectivity index (χ1) is 8.60. The van der Waals surface area contributed by atoms with Crippen LogP contribution in [0.1, 0.15) is 11.5 Å². The Morgan fingerprint density at radius 3 is 2.94 bits per heavy atom. The molecule has 18 heavy (non-hydrogen) atoms. The third kappa shape index (κ3) is 2.85. The SMILES string of the molecule is Cc1cc(F)c(Br)cc1Nc1nnc(CCN)o1. The van der Waals surface area contributed by atoms with Gasteiger partial charge in [0, 0.05) is 18.7 Å². The highest BCUT2D eigenvalue weighted by Crippen LogP contribution is 2.26. The zero-order chi connectivity index (χ0) is 13.1. The monoisotopic (exact) mass is 314 g/mol. The fraction of sp³-hybridized carbons (Fsp3) is 0.273. The van der Waals surface area contributed by atoms with Crippen LogP contribution in [0.15, 0.2) is 21.0 Å². The van der Waals surface area contributed by atoms with Crippen LogP contribution in [0.5, 0.6) is 0 Å². The van der Waals surface area contributed by atoms with Gasteiger partial charge in [-0.3, -0.25) is 0 Å². The molecule has 0 aliphatic heterocycles. The van der Waals surface area contributed by atoms with Crippen molar-refractivity contribution in [2.75, 3.05) is 11.9 Å². The molecule has 1 aromatic heterocycles. The van der Waals surface area contributed by atoms with Crippen molar-refractivity contribution in [3.8, 4) is 0 Å². The average Bonchev–Trinajstić information content (AvgIpc) is 2.74. The van der Waals surface area contributed by atoms with Crippen LogP contribution >= 0.6 is 15.9 Å². The molecule has 0 amide bonds. The van der Waals surface area contributed by atoms with Crippen molar-refractivity contribution in [3.05, 3.63) is 33.9 Å². The molecule has 0 unspecified atom stereocenters. The van der Waals surface area contributed by atoms with E-state index in [2.05, 4.69) is 31.4 Å². The molecule has 0 fully saturated rings. The van der Waals surface area contributed by atoms with E-state index in [1.54, 1.807) is 13.0 Å². The van der Waals surface area contributed by atoms with E-state index >= 15 is 0 Å². The highest BCUT2D eigenvalue weighted by atomic mass is 79.9. The van der Waals surface area contributed by atoms with Gasteiger partial charge in [-0.25, -0.2) is 4.39 Å². The summed E-state index contributed by atoms with van der Waals surface area (Å²) >= 11 is 3.13. The molecule has 0 saturated heterocycles. The molecule has 2 rings (SSSR count). The number of aromatic nitrogens is 2. The summed E-state index contributed by atoms with van der Waals surface area (Å²) < 4.78 is 19.0. The summed E-state index contributed by atoms with van der Waals surface area (Å²) in [6.45, 7) is 2.23. The maximum absolute atomic E-state index is 13.3. The van der Waals surface area contributed by atoms with Crippen LogP contribution in [0.4, 0.5) is 16.1 Å². The minimum Gasteiger partial charge on any atom is -0.408 e. The van der Waals surface area contributed by atoms with Gasteiger partial charge in [0.05, 0.1) is 4.47 Å². The highest BCUT2D eigenvalue weighted by molar-refractivity contribution is 9.10. The lowest BCUT2D eigenvalue weighted by molar-refractivity contribution is 0.509. The Kier molecular flexibility index (Phi) is 3.93. The number of anilines is 2. The predicted octanol–water partition coefficient (Wildman–Crippen LogP) is 2.52. The molecule has 0 aliphatic carbocycles. The average molecular weight is 315 g/mol. The standard InChI is InChI=1S/C11H12BrFN4O/c1-6-4-8(13)7(12)5-9(6)15-11-17-16-10(18-11)2-3-14/h4-5H,2-3,14H2,1H3,(H,15,17). The lowest BCUT2D eigenvalue weighted by Crippen LogP contribution is -2.02. The van der Waals surface area contributed by atoms with Gasteiger partial charge in [0.1, 0.15) is 5.82 Å². The zero-order valence-electron chi connectivity index (χ0n) is 9.70. The summed E-state index contributed by atoms with van der Waals surface area (Å²) in [6, 6.07) is 3.31. The fourth-order valence-corrected chi connectivity index (χ4v) is 1.77. The first-order valence-electron chi connectivity index (χ1n) is 5.35. The predicted molar refractivity (Wildman–Crippen MR) is 69.2 cm³/mol.